The van der Waals surface area contributed by atoms with Gasteiger partial charge in [0.2, 0.25) is 5.76 Å². The van der Waals surface area contributed by atoms with E-state index in [2.05, 4.69) is 0 Å². The Labute approximate surface area is 183 Å². The fraction of sp³-hybridized carbons (Fsp3) is 0.120. The van der Waals surface area contributed by atoms with Crippen LogP contribution in [0.2, 0.25) is 5.02 Å². The third-order valence-electron chi connectivity index (χ3n) is 5.37. The highest BCUT2D eigenvalue weighted by Gasteiger charge is 2.43. The molecule has 0 bridgehead atoms. The number of nitrogens with zero attached hydrogens (tertiary/aromatic N) is 1. The van der Waals surface area contributed by atoms with Crippen molar-refractivity contribution < 1.29 is 13.9 Å². The third-order valence-corrected chi connectivity index (χ3v) is 5.61. The van der Waals surface area contributed by atoms with E-state index in [-0.39, 0.29) is 17.1 Å². The Kier molecular flexibility index (Phi) is 4.75. The monoisotopic (exact) mass is 431 g/mol. The van der Waals surface area contributed by atoms with Crippen LogP contribution >= 0.6 is 11.6 Å². The maximum Gasteiger partial charge on any atom is 0.295 e. The smallest absolute Gasteiger partial charge is 0.295 e. The molecule has 0 aliphatic carbocycles. The predicted octanol–water partition coefficient (Wildman–Crippen LogP) is 5.59. The minimum Gasteiger partial charge on any atom is -0.494 e. The van der Waals surface area contributed by atoms with Crippen LogP contribution in [0, 0.1) is 0 Å². The van der Waals surface area contributed by atoms with Crippen LogP contribution in [-0.2, 0) is 0 Å². The Balaban J connectivity index is 1.76. The summed E-state index contributed by atoms with van der Waals surface area (Å²) in [6.45, 7) is 2.46. The van der Waals surface area contributed by atoms with E-state index >= 15 is 0 Å². The summed E-state index contributed by atoms with van der Waals surface area (Å²) in [6, 6.07) is 20.7. The van der Waals surface area contributed by atoms with Gasteiger partial charge < -0.3 is 9.15 Å². The first-order valence-corrected chi connectivity index (χ1v) is 10.3. The predicted molar refractivity (Wildman–Crippen MR) is 120 cm³/mol. The molecule has 1 unspecified atom stereocenters. The molecular weight excluding hydrogens is 414 g/mol. The molecule has 1 aliphatic heterocycles. The number of carbonyl (C=O) groups is 1. The van der Waals surface area contributed by atoms with Gasteiger partial charge in [0.15, 0.2) is 5.43 Å². The zero-order valence-corrected chi connectivity index (χ0v) is 17.4. The molecule has 4 aromatic rings. The zero-order valence-electron chi connectivity index (χ0n) is 16.7. The quantitative estimate of drug-likeness (QED) is 0.422. The minimum absolute atomic E-state index is 0.0579. The number of carbonyl (C=O) groups excluding carboxylic acids is 1. The van der Waals surface area contributed by atoms with E-state index in [4.69, 9.17) is 20.8 Å². The van der Waals surface area contributed by atoms with Gasteiger partial charge in [0.1, 0.15) is 11.3 Å². The molecule has 1 atom stereocenters. The van der Waals surface area contributed by atoms with E-state index in [0.29, 0.717) is 33.8 Å². The van der Waals surface area contributed by atoms with E-state index in [0.717, 1.165) is 11.3 Å². The van der Waals surface area contributed by atoms with E-state index in [9.17, 15) is 9.59 Å². The summed E-state index contributed by atoms with van der Waals surface area (Å²) < 4.78 is 11.5. The van der Waals surface area contributed by atoms with Crippen molar-refractivity contribution in [3.05, 3.63) is 105 Å². The van der Waals surface area contributed by atoms with E-state index in [1.807, 2.05) is 31.2 Å². The lowest BCUT2D eigenvalue weighted by Crippen LogP contribution is -2.29. The molecule has 0 saturated heterocycles. The lowest BCUT2D eigenvalue weighted by atomic mass is 9.98. The summed E-state index contributed by atoms with van der Waals surface area (Å²) in [5.41, 5.74) is 1.86. The number of para-hydroxylation sites is 1. The second-order valence-corrected chi connectivity index (χ2v) is 7.67. The molecule has 5 nitrogen and oxygen atoms in total. The highest BCUT2D eigenvalue weighted by Crippen LogP contribution is 2.42. The molecule has 6 heteroatoms. The van der Waals surface area contributed by atoms with Crippen molar-refractivity contribution in [3.8, 4) is 5.75 Å². The van der Waals surface area contributed by atoms with Gasteiger partial charge in [-0.25, -0.2) is 0 Å². The second-order valence-electron chi connectivity index (χ2n) is 7.23. The number of fused-ring (bicyclic) bond motifs is 2. The molecular formula is C25H18ClNO4. The molecule has 1 aromatic heterocycles. The van der Waals surface area contributed by atoms with Crippen LogP contribution < -0.4 is 15.1 Å². The Bertz CT molecular complexity index is 1360. The Morgan fingerprint density at radius 3 is 2.52 bits per heavy atom. The first kappa shape index (κ1) is 19.4. The molecule has 2 heterocycles. The van der Waals surface area contributed by atoms with Gasteiger partial charge in [0.05, 0.1) is 23.6 Å². The van der Waals surface area contributed by atoms with Crippen molar-refractivity contribution in [3.63, 3.8) is 0 Å². The average molecular weight is 432 g/mol. The van der Waals surface area contributed by atoms with Gasteiger partial charge in [0, 0.05) is 10.7 Å². The summed E-state index contributed by atoms with van der Waals surface area (Å²) in [5, 5.41) is 0.939. The van der Waals surface area contributed by atoms with Gasteiger partial charge in [-0.3, -0.25) is 14.5 Å². The first-order valence-electron chi connectivity index (χ1n) is 9.96. The van der Waals surface area contributed by atoms with Crippen LogP contribution in [0.4, 0.5) is 5.69 Å². The van der Waals surface area contributed by atoms with Crippen LogP contribution in [0.5, 0.6) is 5.75 Å². The molecule has 0 fully saturated rings. The molecule has 0 spiro atoms. The summed E-state index contributed by atoms with van der Waals surface area (Å²) >= 11 is 6.21. The molecule has 3 aromatic carbocycles. The number of halogens is 1. The Morgan fingerprint density at radius 2 is 1.77 bits per heavy atom. The number of rotatable bonds is 4. The summed E-state index contributed by atoms with van der Waals surface area (Å²) in [4.78, 5) is 28.5. The molecule has 1 aliphatic rings. The van der Waals surface area contributed by atoms with E-state index in [1.165, 1.54) is 0 Å². The number of benzene rings is 3. The summed E-state index contributed by atoms with van der Waals surface area (Å²) in [6.07, 6.45) is 0. The summed E-state index contributed by atoms with van der Waals surface area (Å²) in [5.74, 6) is 0.400. The molecule has 5 rings (SSSR count). The van der Waals surface area contributed by atoms with Crippen molar-refractivity contribution in [2.45, 2.75) is 13.0 Å². The molecule has 0 radical (unpaired) electrons. The van der Waals surface area contributed by atoms with Gasteiger partial charge in [-0.15, -0.1) is 0 Å². The lowest BCUT2D eigenvalue weighted by molar-refractivity contribution is 0.0971. The lowest BCUT2D eigenvalue weighted by Gasteiger charge is -2.25. The highest BCUT2D eigenvalue weighted by molar-refractivity contribution is 6.31. The molecule has 31 heavy (non-hydrogen) atoms. The molecule has 1 amide bonds. The van der Waals surface area contributed by atoms with E-state index in [1.54, 1.807) is 53.4 Å². The molecule has 0 saturated carbocycles. The van der Waals surface area contributed by atoms with Crippen LogP contribution in [0.15, 0.2) is 82.0 Å². The Hall–Kier alpha value is -3.57. The fourth-order valence-electron chi connectivity index (χ4n) is 4.04. The number of hydrogen-bond donors (Lipinski definition) is 0. The van der Waals surface area contributed by atoms with Crippen LogP contribution in [0.1, 0.15) is 34.6 Å². The Morgan fingerprint density at radius 1 is 1.00 bits per heavy atom. The second kappa shape index (κ2) is 7.60. The zero-order chi connectivity index (χ0) is 21.5. The molecule has 154 valence electrons. The van der Waals surface area contributed by atoms with Crippen molar-refractivity contribution >= 4 is 34.2 Å². The third kappa shape index (κ3) is 3.18. The van der Waals surface area contributed by atoms with Gasteiger partial charge >= 0.3 is 0 Å². The van der Waals surface area contributed by atoms with Gasteiger partial charge in [-0.2, -0.15) is 0 Å². The maximum atomic E-state index is 13.5. The standard InChI is InChI=1S/C25H18ClNO4/c1-2-30-18-12-10-15(11-13-18)22-21-23(28)19-8-3-4-9-20(19)31-24(21)25(29)27(22)17-7-5-6-16(26)14-17/h3-14,22H,2H2,1H3. The van der Waals surface area contributed by atoms with Crippen molar-refractivity contribution in [2.24, 2.45) is 0 Å². The average Bonchev–Trinajstić information content (AvgIpc) is 3.07. The largest absolute Gasteiger partial charge is 0.494 e. The normalized spacial score (nSPS) is 15.4. The van der Waals surface area contributed by atoms with Crippen molar-refractivity contribution in [1.82, 2.24) is 0 Å². The number of amides is 1. The number of ether oxygens (including phenoxy) is 1. The van der Waals surface area contributed by atoms with Gasteiger partial charge in [-0.1, -0.05) is 41.9 Å². The highest BCUT2D eigenvalue weighted by atomic mass is 35.5. The number of hydrogen-bond acceptors (Lipinski definition) is 4. The van der Waals surface area contributed by atoms with Gasteiger partial charge in [0.25, 0.3) is 5.91 Å². The van der Waals surface area contributed by atoms with Crippen LogP contribution in [0.25, 0.3) is 11.0 Å². The number of anilines is 1. The van der Waals surface area contributed by atoms with Crippen LogP contribution in [0.3, 0.4) is 0 Å². The minimum atomic E-state index is -0.641. The fourth-order valence-corrected chi connectivity index (χ4v) is 4.22. The van der Waals surface area contributed by atoms with Crippen LogP contribution in [-0.4, -0.2) is 12.5 Å². The van der Waals surface area contributed by atoms with Crippen molar-refractivity contribution in [1.29, 1.82) is 0 Å². The summed E-state index contributed by atoms with van der Waals surface area (Å²) in [7, 11) is 0. The molecule has 0 N–H and O–H groups in total. The SMILES string of the molecule is CCOc1ccc(C2c3c(oc4ccccc4c3=O)C(=O)N2c2cccc(Cl)c2)cc1. The van der Waals surface area contributed by atoms with E-state index < -0.39 is 6.04 Å². The topological polar surface area (TPSA) is 59.8 Å². The first-order chi connectivity index (χ1) is 15.1. The van der Waals surface area contributed by atoms with Crippen molar-refractivity contribution in [2.75, 3.05) is 11.5 Å². The van der Waals surface area contributed by atoms with Gasteiger partial charge in [-0.05, 0) is 55.0 Å². The maximum absolute atomic E-state index is 13.5.